The third-order valence-electron chi connectivity index (χ3n) is 1.59. The van der Waals surface area contributed by atoms with E-state index in [2.05, 4.69) is 10.2 Å². The molecule has 0 aliphatic heterocycles. The molecule has 0 atom stereocenters. The Morgan fingerprint density at radius 1 is 1.45 bits per heavy atom. The van der Waals surface area contributed by atoms with E-state index in [0.717, 1.165) is 10.9 Å². The van der Waals surface area contributed by atoms with Crippen molar-refractivity contribution in [3.8, 4) is 0 Å². The molecule has 0 bridgehead atoms. The van der Waals surface area contributed by atoms with Crippen LogP contribution >= 0.6 is 0 Å². The van der Waals surface area contributed by atoms with Gasteiger partial charge in [0.05, 0.1) is 11.7 Å². The fourth-order valence-corrected chi connectivity index (χ4v) is 1.06. The maximum Gasteiger partial charge on any atom is 0.234 e. The summed E-state index contributed by atoms with van der Waals surface area (Å²) in [7, 11) is 0. The van der Waals surface area contributed by atoms with Crippen LogP contribution in [0.15, 0.2) is 24.4 Å². The van der Waals surface area contributed by atoms with Crippen LogP contribution in [0.1, 0.15) is 5.56 Å². The monoisotopic (exact) mass is 145 g/mol. The van der Waals surface area contributed by atoms with Gasteiger partial charge in [0, 0.05) is 10.9 Å². The highest BCUT2D eigenvalue weighted by Gasteiger charge is 1.99. The largest absolute Gasteiger partial charge is 0.285 e. The molecule has 1 N–H and O–H groups in total. The van der Waals surface area contributed by atoms with Crippen LogP contribution in [-0.4, -0.2) is 16.5 Å². The number of benzene rings is 1. The molecule has 0 fully saturated rings. The summed E-state index contributed by atoms with van der Waals surface area (Å²) in [6, 6.07) is 5.37. The van der Waals surface area contributed by atoms with Gasteiger partial charge >= 0.3 is 0 Å². The summed E-state index contributed by atoms with van der Waals surface area (Å²) in [5.74, 6) is 0. The minimum atomic E-state index is 0.552. The van der Waals surface area contributed by atoms with Gasteiger partial charge in [-0.05, 0) is 6.07 Å². The quantitative estimate of drug-likeness (QED) is 0.651. The first-order valence-electron chi connectivity index (χ1n) is 3.22. The molecule has 2 aromatic rings. The Hall–Kier alpha value is -1.64. The van der Waals surface area contributed by atoms with Gasteiger partial charge in [0.2, 0.25) is 6.29 Å². The third-order valence-corrected chi connectivity index (χ3v) is 1.59. The lowest BCUT2D eigenvalue weighted by atomic mass is 10.1. The van der Waals surface area contributed by atoms with E-state index in [9.17, 15) is 4.79 Å². The van der Waals surface area contributed by atoms with Crippen molar-refractivity contribution in [2.75, 3.05) is 0 Å². The first-order valence-corrected chi connectivity index (χ1v) is 3.22. The molecule has 1 heterocycles. The predicted molar refractivity (Wildman–Crippen MR) is 40.9 cm³/mol. The van der Waals surface area contributed by atoms with E-state index in [1.165, 1.54) is 0 Å². The summed E-state index contributed by atoms with van der Waals surface area (Å²) >= 11 is 0. The van der Waals surface area contributed by atoms with Gasteiger partial charge in [-0.1, -0.05) is 12.1 Å². The highest BCUT2D eigenvalue weighted by molar-refractivity contribution is 5.96. The molecule has 0 amide bonds. The lowest BCUT2D eigenvalue weighted by molar-refractivity contribution is 0.563. The van der Waals surface area contributed by atoms with Crippen LogP contribution in [0.3, 0.4) is 0 Å². The minimum absolute atomic E-state index is 0.552. The molecule has 11 heavy (non-hydrogen) atoms. The first kappa shape index (κ1) is 6.09. The number of hydrogen-bond acceptors (Lipinski definition) is 2. The zero-order valence-electron chi connectivity index (χ0n) is 5.66. The van der Waals surface area contributed by atoms with Crippen LogP contribution < -0.4 is 0 Å². The van der Waals surface area contributed by atoms with E-state index >= 15 is 0 Å². The highest BCUT2D eigenvalue weighted by atomic mass is 16.1. The summed E-state index contributed by atoms with van der Waals surface area (Å²) in [5.41, 5.74) is 1.42. The molecule has 0 aliphatic rings. The van der Waals surface area contributed by atoms with Crippen molar-refractivity contribution in [3.05, 3.63) is 30.0 Å². The zero-order valence-corrected chi connectivity index (χ0v) is 5.66. The molecule has 1 aromatic carbocycles. The van der Waals surface area contributed by atoms with Crippen molar-refractivity contribution in [2.45, 2.75) is 0 Å². The number of aromatic amines is 1. The zero-order chi connectivity index (χ0) is 7.68. The summed E-state index contributed by atoms with van der Waals surface area (Å²) in [5, 5.41) is 7.39. The van der Waals surface area contributed by atoms with Gasteiger partial charge in [0.25, 0.3) is 0 Å². The molecular formula is C8H5N2O. The second kappa shape index (κ2) is 2.20. The maximum absolute atomic E-state index is 10.4. The molecule has 0 spiro atoms. The van der Waals surface area contributed by atoms with Gasteiger partial charge in [-0.15, -0.1) is 0 Å². The number of carbonyl (C=O) groups excluding carboxylic acids is 1. The average Bonchev–Trinajstić information content (AvgIpc) is 2.50. The summed E-state index contributed by atoms with van der Waals surface area (Å²) < 4.78 is 0. The van der Waals surface area contributed by atoms with Crippen LogP contribution in [0.4, 0.5) is 0 Å². The number of fused-ring (bicyclic) bond motifs is 1. The Balaban J connectivity index is 2.88. The molecule has 1 radical (unpaired) electrons. The number of rotatable bonds is 1. The van der Waals surface area contributed by atoms with Crippen LogP contribution in [-0.2, 0) is 4.79 Å². The summed E-state index contributed by atoms with van der Waals surface area (Å²) in [6.45, 7) is 0. The van der Waals surface area contributed by atoms with Crippen molar-refractivity contribution in [3.63, 3.8) is 0 Å². The predicted octanol–water partition coefficient (Wildman–Crippen LogP) is 1.02. The van der Waals surface area contributed by atoms with Crippen LogP contribution in [0.5, 0.6) is 0 Å². The molecule has 0 saturated carbocycles. The van der Waals surface area contributed by atoms with E-state index in [0.29, 0.717) is 5.56 Å². The molecule has 1 aromatic heterocycles. The number of H-pyrrole nitrogens is 1. The normalized spacial score (nSPS) is 10.2. The molecule has 0 aliphatic carbocycles. The lowest BCUT2D eigenvalue weighted by Crippen LogP contribution is -1.79. The van der Waals surface area contributed by atoms with E-state index in [-0.39, 0.29) is 0 Å². The lowest BCUT2D eigenvalue weighted by Gasteiger charge is -1.88. The van der Waals surface area contributed by atoms with Crippen LogP contribution in [0.2, 0.25) is 0 Å². The molecule has 0 saturated heterocycles. The van der Waals surface area contributed by atoms with E-state index in [1.54, 1.807) is 18.3 Å². The Morgan fingerprint density at radius 3 is 3.18 bits per heavy atom. The van der Waals surface area contributed by atoms with Gasteiger partial charge in [0.15, 0.2) is 0 Å². The van der Waals surface area contributed by atoms with Crippen molar-refractivity contribution in [1.29, 1.82) is 0 Å². The number of aromatic nitrogens is 2. The van der Waals surface area contributed by atoms with Crippen molar-refractivity contribution in [2.24, 2.45) is 0 Å². The Bertz CT molecular complexity index is 392. The van der Waals surface area contributed by atoms with E-state index in [4.69, 9.17) is 0 Å². The first-order chi connectivity index (χ1) is 5.42. The fourth-order valence-electron chi connectivity index (χ4n) is 1.06. The van der Waals surface area contributed by atoms with Crippen molar-refractivity contribution < 1.29 is 4.79 Å². The SMILES string of the molecule is O=[C]c1cccc2[nH]ncc12. The minimum Gasteiger partial charge on any atom is -0.285 e. The van der Waals surface area contributed by atoms with Gasteiger partial charge in [-0.2, -0.15) is 5.10 Å². The Kier molecular flexibility index (Phi) is 1.22. The smallest absolute Gasteiger partial charge is 0.234 e. The van der Waals surface area contributed by atoms with E-state index < -0.39 is 0 Å². The van der Waals surface area contributed by atoms with Gasteiger partial charge in [-0.3, -0.25) is 9.89 Å². The number of nitrogens with zero attached hydrogens (tertiary/aromatic N) is 1. The molecule has 53 valence electrons. The summed E-state index contributed by atoms with van der Waals surface area (Å²) in [6.07, 6.45) is 3.47. The Labute approximate surface area is 63.0 Å². The van der Waals surface area contributed by atoms with E-state index in [1.807, 2.05) is 12.4 Å². The van der Waals surface area contributed by atoms with Crippen molar-refractivity contribution in [1.82, 2.24) is 10.2 Å². The summed E-state index contributed by atoms with van der Waals surface area (Å²) in [4.78, 5) is 10.4. The van der Waals surface area contributed by atoms with Gasteiger partial charge in [-0.25, -0.2) is 0 Å². The second-order valence-corrected chi connectivity index (χ2v) is 2.24. The standard InChI is InChI=1S/C8H5N2O/c11-5-6-2-1-3-8-7(6)4-9-10-8/h1-4H,(H,9,10). The molecule has 3 heteroatoms. The second-order valence-electron chi connectivity index (χ2n) is 2.24. The molecule has 2 rings (SSSR count). The molecular weight excluding hydrogens is 140 g/mol. The Morgan fingerprint density at radius 2 is 2.36 bits per heavy atom. The van der Waals surface area contributed by atoms with Crippen LogP contribution in [0.25, 0.3) is 10.9 Å². The topological polar surface area (TPSA) is 45.8 Å². The molecule has 0 unspecified atom stereocenters. The maximum atomic E-state index is 10.4. The van der Waals surface area contributed by atoms with Gasteiger partial charge < -0.3 is 0 Å². The number of nitrogens with one attached hydrogen (secondary N) is 1. The third kappa shape index (κ3) is 0.816. The van der Waals surface area contributed by atoms with Gasteiger partial charge in [0.1, 0.15) is 0 Å². The van der Waals surface area contributed by atoms with Crippen LogP contribution in [0, 0.1) is 0 Å². The highest BCUT2D eigenvalue weighted by Crippen LogP contribution is 2.13. The van der Waals surface area contributed by atoms with Crippen molar-refractivity contribution >= 4 is 17.2 Å². The molecule has 3 nitrogen and oxygen atoms in total. The fraction of sp³-hybridized carbons (Fsp3) is 0. The number of hydrogen-bond donors (Lipinski definition) is 1. The average molecular weight is 145 g/mol.